The lowest BCUT2D eigenvalue weighted by Gasteiger charge is -2.25. The highest BCUT2D eigenvalue weighted by atomic mass is 28.4. The molecule has 0 rings (SSSR count). The van der Waals surface area contributed by atoms with Crippen molar-refractivity contribution in [1.29, 1.82) is 0 Å². The van der Waals surface area contributed by atoms with E-state index >= 15 is 0 Å². The third-order valence-corrected chi connectivity index (χ3v) is 8.23. The molecule has 0 fully saturated rings. The number of hydrogen-bond donors (Lipinski definition) is 0. The Labute approximate surface area is 187 Å². The molecule has 30 heavy (non-hydrogen) atoms. The Balaban J connectivity index is 3.49. The predicted octanol–water partition coefficient (Wildman–Crippen LogP) is 7.18. The fourth-order valence-electron chi connectivity index (χ4n) is 3.38. The van der Waals surface area contributed by atoms with E-state index in [1.165, 1.54) is 70.6 Å². The Hall–Kier alpha value is -0.693. The number of esters is 1. The Morgan fingerprint density at radius 1 is 0.733 bits per heavy atom. The van der Waals surface area contributed by atoms with Crippen molar-refractivity contribution in [3.63, 3.8) is 0 Å². The molecule has 178 valence electrons. The van der Waals surface area contributed by atoms with Crippen LogP contribution in [0.3, 0.4) is 0 Å². The van der Waals surface area contributed by atoms with Crippen molar-refractivity contribution in [3.05, 3.63) is 12.2 Å². The molecule has 0 saturated heterocycles. The van der Waals surface area contributed by atoms with Crippen LogP contribution in [-0.4, -0.2) is 35.8 Å². The molecule has 0 aliphatic heterocycles. The highest BCUT2D eigenvalue weighted by Gasteiger charge is 2.38. The Kier molecular flexibility index (Phi) is 21.0. The second kappa shape index (κ2) is 21.5. The van der Waals surface area contributed by atoms with Crippen molar-refractivity contribution in [1.82, 2.24) is 0 Å². The van der Waals surface area contributed by atoms with Gasteiger partial charge < -0.3 is 18.0 Å². The van der Waals surface area contributed by atoms with E-state index in [-0.39, 0.29) is 12.8 Å². The minimum absolute atomic E-state index is 0.0855. The van der Waals surface area contributed by atoms with Crippen LogP contribution >= 0.6 is 0 Å². The number of carbonyl (C=O) groups is 1. The second-order valence-electron chi connectivity index (χ2n) is 7.95. The van der Waals surface area contributed by atoms with Crippen molar-refractivity contribution >= 4 is 14.8 Å². The normalized spacial score (nSPS) is 12.0. The molecule has 0 aromatic carbocycles. The summed E-state index contributed by atoms with van der Waals surface area (Å²) in [5, 5.41) is 0. The summed E-state index contributed by atoms with van der Waals surface area (Å²) in [5.74, 6) is -0.209. The number of hydrogen-bond acceptors (Lipinski definition) is 5. The Bertz CT molecular complexity index is 410. The number of unbranched alkanes of at least 4 members (excludes halogenated alkanes) is 11. The van der Waals surface area contributed by atoms with Gasteiger partial charge in [0.25, 0.3) is 0 Å². The van der Waals surface area contributed by atoms with Crippen LogP contribution in [-0.2, 0) is 22.8 Å². The molecule has 0 bridgehead atoms. The van der Waals surface area contributed by atoms with Gasteiger partial charge in [0.15, 0.2) is 6.79 Å². The minimum atomic E-state index is -2.67. The van der Waals surface area contributed by atoms with Gasteiger partial charge in [-0.3, -0.25) is 4.79 Å². The summed E-state index contributed by atoms with van der Waals surface area (Å²) in [5.41, 5.74) is 0. The van der Waals surface area contributed by atoms with Crippen molar-refractivity contribution in [2.75, 3.05) is 21.0 Å². The highest BCUT2D eigenvalue weighted by Crippen LogP contribution is 2.16. The van der Waals surface area contributed by atoms with Gasteiger partial charge in [-0.2, -0.15) is 0 Å². The summed E-state index contributed by atoms with van der Waals surface area (Å²) >= 11 is 0. The van der Waals surface area contributed by atoms with Crippen molar-refractivity contribution in [2.45, 2.75) is 116 Å². The second-order valence-corrected chi connectivity index (χ2v) is 10.9. The van der Waals surface area contributed by atoms with Gasteiger partial charge >= 0.3 is 14.8 Å². The number of rotatable bonds is 22. The number of allylic oxidation sites excluding steroid dienone is 2. The molecule has 0 aliphatic carbocycles. The van der Waals surface area contributed by atoms with Crippen LogP contribution < -0.4 is 0 Å². The van der Waals surface area contributed by atoms with E-state index in [1.54, 1.807) is 14.2 Å². The molecular formula is C24H48O5Si. The van der Waals surface area contributed by atoms with Crippen LogP contribution in [0.5, 0.6) is 0 Å². The molecule has 0 radical (unpaired) electrons. The molecule has 0 spiro atoms. The van der Waals surface area contributed by atoms with Gasteiger partial charge in [0.2, 0.25) is 0 Å². The fourth-order valence-corrected chi connectivity index (χ4v) is 5.19. The van der Waals surface area contributed by atoms with E-state index in [0.29, 0.717) is 12.5 Å². The minimum Gasteiger partial charge on any atom is -0.439 e. The van der Waals surface area contributed by atoms with E-state index in [2.05, 4.69) is 19.1 Å². The van der Waals surface area contributed by atoms with Gasteiger partial charge in [-0.05, 0) is 32.1 Å². The first-order valence-electron chi connectivity index (χ1n) is 12.2. The van der Waals surface area contributed by atoms with E-state index < -0.39 is 8.80 Å². The van der Waals surface area contributed by atoms with E-state index in [0.717, 1.165) is 19.3 Å². The molecular weight excluding hydrogens is 396 g/mol. The van der Waals surface area contributed by atoms with Crippen LogP contribution in [0.4, 0.5) is 0 Å². The third kappa shape index (κ3) is 17.0. The summed E-state index contributed by atoms with van der Waals surface area (Å²) in [7, 11) is 0.496. The van der Waals surface area contributed by atoms with Gasteiger partial charge in [-0.1, -0.05) is 83.8 Å². The number of carbonyl (C=O) groups excluding carboxylic acids is 1. The predicted molar refractivity (Wildman–Crippen MR) is 126 cm³/mol. The highest BCUT2D eigenvalue weighted by molar-refractivity contribution is 6.60. The van der Waals surface area contributed by atoms with Gasteiger partial charge in [0, 0.05) is 26.7 Å². The molecule has 0 aliphatic rings. The molecule has 0 aromatic heterocycles. The van der Waals surface area contributed by atoms with Gasteiger partial charge in [0.05, 0.1) is 0 Å². The lowest BCUT2D eigenvalue weighted by atomic mass is 10.1. The zero-order valence-corrected chi connectivity index (χ0v) is 21.2. The SMILES string of the molecule is CCCCCCCC/C=C\CCCCCCCC(=O)OCO[Si](CCC)(OC)OC. The van der Waals surface area contributed by atoms with Crippen LogP contribution in [0.25, 0.3) is 0 Å². The summed E-state index contributed by atoms with van der Waals surface area (Å²) < 4.78 is 21.6. The largest absolute Gasteiger partial charge is 0.502 e. The molecule has 0 unspecified atom stereocenters. The first kappa shape index (κ1) is 29.3. The monoisotopic (exact) mass is 444 g/mol. The van der Waals surface area contributed by atoms with Crippen LogP contribution in [0.15, 0.2) is 12.2 Å². The summed E-state index contributed by atoms with van der Waals surface area (Å²) in [6.45, 7) is 4.22. The number of ether oxygens (including phenoxy) is 1. The standard InChI is InChI=1S/C24H48O5Si/c1-5-7-8-9-10-11-12-13-14-15-16-17-18-19-20-21-24(25)28-23-29-30(26-3,27-4)22-6-2/h13-14H,5-12,15-23H2,1-4H3/b14-13-. The summed E-state index contributed by atoms with van der Waals surface area (Å²) in [6.07, 6.45) is 22.2. The van der Waals surface area contributed by atoms with Crippen LogP contribution in [0.2, 0.25) is 6.04 Å². The molecule has 5 nitrogen and oxygen atoms in total. The summed E-state index contributed by atoms with van der Waals surface area (Å²) in [6, 6.07) is 0.714. The van der Waals surface area contributed by atoms with Crippen molar-refractivity contribution in [2.24, 2.45) is 0 Å². The molecule has 0 aromatic rings. The van der Waals surface area contributed by atoms with Crippen LogP contribution in [0.1, 0.15) is 110 Å². The molecule has 0 atom stereocenters. The third-order valence-electron chi connectivity index (χ3n) is 5.32. The van der Waals surface area contributed by atoms with Gasteiger partial charge in [0.1, 0.15) is 0 Å². The lowest BCUT2D eigenvalue weighted by molar-refractivity contribution is -0.152. The van der Waals surface area contributed by atoms with Crippen molar-refractivity contribution < 1.29 is 22.8 Å². The molecule has 0 saturated carbocycles. The van der Waals surface area contributed by atoms with Crippen LogP contribution in [0, 0.1) is 0 Å². The fraction of sp³-hybridized carbons (Fsp3) is 0.875. The van der Waals surface area contributed by atoms with Crippen molar-refractivity contribution in [3.8, 4) is 0 Å². The molecule has 6 heteroatoms. The van der Waals surface area contributed by atoms with E-state index in [1.807, 2.05) is 6.92 Å². The first-order valence-corrected chi connectivity index (χ1v) is 14.1. The lowest BCUT2D eigenvalue weighted by Crippen LogP contribution is -2.44. The zero-order chi connectivity index (χ0) is 22.3. The topological polar surface area (TPSA) is 54.0 Å². The average Bonchev–Trinajstić information content (AvgIpc) is 2.75. The maximum absolute atomic E-state index is 11.8. The Morgan fingerprint density at radius 3 is 1.80 bits per heavy atom. The smallest absolute Gasteiger partial charge is 0.439 e. The maximum atomic E-state index is 11.8. The van der Waals surface area contributed by atoms with Gasteiger partial charge in [-0.25, -0.2) is 0 Å². The van der Waals surface area contributed by atoms with E-state index in [9.17, 15) is 4.79 Å². The molecule has 0 heterocycles. The van der Waals surface area contributed by atoms with Gasteiger partial charge in [-0.15, -0.1) is 0 Å². The first-order chi connectivity index (χ1) is 14.6. The quantitative estimate of drug-likeness (QED) is 0.0582. The molecule has 0 amide bonds. The maximum Gasteiger partial charge on any atom is 0.502 e. The Morgan fingerprint density at radius 2 is 1.27 bits per heavy atom. The average molecular weight is 445 g/mol. The molecule has 0 N–H and O–H groups in total. The van der Waals surface area contributed by atoms with E-state index in [4.69, 9.17) is 18.0 Å². The summed E-state index contributed by atoms with van der Waals surface area (Å²) in [4.78, 5) is 11.8. The zero-order valence-electron chi connectivity index (χ0n) is 20.2.